The number of amides is 1. The lowest BCUT2D eigenvalue weighted by molar-refractivity contribution is -0.130. The summed E-state index contributed by atoms with van der Waals surface area (Å²) in [6.07, 6.45) is 6.84. The van der Waals surface area contributed by atoms with E-state index in [0.29, 0.717) is 13.2 Å². The summed E-state index contributed by atoms with van der Waals surface area (Å²) in [7, 11) is 0. The lowest BCUT2D eigenvalue weighted by Gasteiger charge is -2.20. The van der Waals surface area contributed by atoms with E-state index in [4.69, 9.17) is 15.2 Å². The molecular formula is C18H29ClN2O3. The molecule has 1 amide bonds. The number of halogens is 1. The van der Waals surface area contributed by atoms with E-state index in [-0.39, 0.29) is 24.4 Å². The van der Waals surface area contributed by atoms with Gasteiger partial charge in [-0.25, -0.2) is 0 Å². The Hall–Kier alpha value is -1.30. The normalized spacial score (nSPS) is 16.6. The van der Waals surface area contributed by atoms with Crippen LogP contribution in [-0.4, -0.2) is 31.3 Å². The molecule has 6 heteroatoms. The van der Waals surface area contributed by atoms with Crippen LogP contribution in [0.4, 0.5) is 5.69 Å². The number of anilines is 1. The fraction of sp³-hybridized carbons (Fsp3) is 0.611. The van der Waals surface area contributed by atoms with E-state index in [1.54, 1.807) is 0 Å². The smallest absolute Gasteiger partial charge is 0.253 e. The minimum atomic E-state index is -0.439. The molecule has 0 saturated heterocycles. The Morgan fingerprint density at radius 2 is 1.83 bits per heavy atom. The highest BCUT2D eigenvalue weighted by Gasteiger charge is 2.20. The van der Waals surface area contributed by atoms with E-state index in [2.05, 4.69) is 5.32 Å². The number of hydrogen-bond acceptors (Lipinski definition) is 4. The van der Waals surface area contributed by atoms with Gasteiger partial charge in [-0.05, 0) is 44.0 Å². The zero-order valence-electron chi connectivity index (χ0n) is 14.3. The van der Waals surface area contributed by atoms with Crippen molar-refractivity contribution in [1.82, 2.24) is 0 Å². The first kappa shape index (κ1) is 20.7. The second-order valence-corrected chi connectivity index (χ2v) is 6.04. The van der Waals surface area contributed by atoms with Gasteiger partial charge in [0, 0.05) is 12.2 Å². The Labute approximate surface area is 150 Å². The molecule has 0 bridgehead atoms. The zero-order chi connectivity index (χ0) is 16.5. The molecule has 1 aromatic rings. The molecule has 2 rings (SSSR count). The Balaban J connectivity index is 0.00000288. The summed E-state index contributed by atoms with van der Waals surface area (Å²) in [5, 5.41) is 2.89. The Morgan fingerprint density at radius 3 is 2.42 bits per heavy atom. The molecule has 0 aromatic heterocycles. The van der Waals surface area contributed by atoms with Crippen LogP contribution in [0, 0.1) is 0 Å². The molecule has 1 saturated carbocycles. The molecule has 0 spiro atoms. The Morgan fingerprint density at radius 1 is 1.21 bits per heavy atom. The summed E-state index contributed by atoms with van der Waals surface area (Å²) in [5.74, 6) is 0.640. The van der Waals surface area contributed by atoms with Gasteiger partial charge in [0.2, 0.25) is 0 Å². The van der Waals surface area contributed by atoms with Crippen LogP contribution in [0.5, 0.6) is 5.75 Å². The van der Waals surface area contributed by atoms with Crippen molar-refractivity contribution in [1.29, 1.82) is 0 Å². The van der Waals surface area contributed by atoms with Crippen molar-refractivity contribution < 1.29 is 14.3 Å². The summed E-state index contributed by atoms with van der Waals surface area (Å²) in [4.78, 5) is 12.2. The predicted molar refractivity (Wildman–Crippen MR) is 98.9 cm³/mol. The third kappa shape index (κ3) is 7.07. The fourth-order valence-corrected chi connectivity index (χ4v) is 2.78. The van der Waals surface area contributed by atoms with E-state index in [9.17, 15) is 4.79 Å². The summed E-state index contributed by atoms with van der Waals surface area (Å²) in [5.41, 5.74) is 6.14. The first-order chi connectivity index (χ1) is 11.2. The number of carbonyl (C=O) groups is 1. The molecule has 1 aliphatic carbocycles. The van der Waals surface area contributed by atoms with Crippen LogP contribution in [0.3, 0.4) is 0 Å². The van der Waals surface area contributed by atoms with Gasteiger partial charge in [0.15, 0.2) is 0 Å². The predicted octanol–water partition coefficient (Wildman–Crippen LogP) is 3.51. The molecule has 0 radical (unpaired) electrons. The molecule has 3 N–H and O–H groups in total. The van der Waals surface area contributed by atoms with Gasteiger partial charge in [0.25, 0.3) is 5.91 Å². The van der Waals surface area contributed by atoms with Crippen LogP contribution in [-0.2, 0) is 9.53 Å². The maximum atomic E-state index is 12.2. The van der Waals surface area contributed by atoms with Crippen molar-refractivity contribution in [3.8, 4) is 5.75 Å². The molecule has 5 nitrogen and oxygen atoms in total. The van der Waals surface area contributed by atoms with Gasteiger partial charge in [-0.2, -0.15) is 0 Å². The quantitative estimate of drug-likeness (QED) is 0.733. The van der Waals surface area contributed by atoms with Gasteiger partial charge < -0.3 is 20.5 Å². The third-order valence-corrected chi connectivity index (χ3v) is 4.08. The van der Waals surface area contributed by atoms with E-state index < -0.39 is 6.10 Å². The number of nitrogens with two attached hydrogens (primary N) is 1. The summed E-state index contributed by atoms with van der Waals surface area (Å²) in [6.45, 7) is 2.78. The highest BCUT2D eigenvalue weighted by atomic mass is 35.5. The molecule has 1 atom stereocenters. The summed E-state index contributed by atoms with van der Waals surface area (Å²) in [6, 6.07) is 7.29. The van der Waals surface area contributed by atoms with Crippen molar-refractivity contribution in [3.63, 3.8) is 0 Å². The second kappa shape index (κ2) is 11.3. The number of nitrogens with one attached hydrogen (secondary N) is 1. The molecule has 1 fully saturated rings. The van der Waals surface area contributed by atoms with Gasteiger partial charge in [-0.15, -0.1) is 12.4 Å². The molecular weight excluding hydrogens is 328 g/mol. The average molecular weight is 357 g/mol. The van der Waals surface area contributed by atoms with Crippen molar-refractivity contribution in [2.75, 3.05) is 18.5 Å². The number of benzene rings is 1. The first-order valence-corrected chi connectivity index (χ1v) is 8.58. The van der Waals surface area contributed by atoms with Crippen LogP contribution < -0.4 is 15.8 Å². The summed E-state index contributed by atoms with van der Waals surface area (Å²) < 4.78 is 11.3. The molecule has 0 heterocycles. The van der Waals surface area contributed by atoms with E-state index >= 15 is 0 Å². The lowest BCUT2D eigenvalue weighted by atomic mass is 10.1. The van der Waals surface area contributed by atoms with Gasteiger partial charge in [0.05, 0.1) is 6.10 Å². The van der Waals surface area contributed by atoms with E-state index in [1.165, 1.54) is 25.7 Å². The maximum Gasteiger partial charge on any atom is 0.253 e. The van der Waals surface area contributed by atoms with Crippen LogP contribution in [0.1, 0.15) is 45.4 Å². The number of carbonyl (C=O) groups excluding carboxylic acids is 1. The number of ether oxygens (including phenoxy) is 2. The van der Waals surface area contributed by atoms with E-state index in [0.717, 1.165) is 24.3 Å². The standard InChI is InChI=1S/C18H28N2O3.ClH/c1-14(23-17-6-4-2-3-5-7-17)18(21)20-15-8-10-16(11-9-15)22-13-12-19;/h8-11,14,17H,2-7,12-13,19H2,1H3,(H,20,21);1H. The molecule has 136 valence electrons. The van der Waals surface area contributed by atoms with Crippen molar-refractivity contribution in [2.24, 2.45) is 5.73 Å². The summed E-state index contributed by atoms with van der Waals surface area (Å²) >= 11 is 0. The van der Waals surface area contributed by atoms with Crippen molar-refractivity contribution >= 4 is 24.0 Å². The highest BCUT2D eigenvalue weighted by Crippen LogP contribution is 2.21. The minimum absolute atomic E-state index is 0. The van der Waals surface area contributed by atoms with E-state index in [1.807, 2.05) is 31.2 Å². The first-order valence-electron chi connectivity index (χ1n) is 8.58. The molecule has 1 aromatic carbocycles. The molecule has 0 aliphatic heterocycles. The largest absolute Gasteiger partial charge is 0.492 e. The molecule has 24 heavy (non-hydrogen) atoms. The Bertz CT molecular complexity index is 474. The van der Waals surface area contributed by atoms with Crippen molar-refractivity contribution in [3.05, 3.63) is 24.3 Å². The van der Waals surface area contributed by atoms with Gasteiger partial charge in [-0.3, -0.25) is 4.79 Å². The average Bonchev–Trinajstić information content (AvgIpc) is 2.83. The number of hydrogen-bond donors (Lipinski definition) is 2. The highest BCUT2D eigenvalue weighted by molar-refractivity contribution is 5.93. The van der Waals surface area contributed by atoms with Crippen LogP contribution in [0.25, 0.3) is 0 Å². The Kier molecular flexibility index (Phi) is 9.76. The zero-order valence-corrected chi connectivity index (χ0v) is 15.1. The fourth-order valence-electron chi connectivity index (χ4n) is 2.78. The van der Waals surface area contributed by atoms with Crippen LogP contribution in [0.15, 0.2) is 24.3 Å². The van der Waals surface area contributed by atoms with Gasteiger partial charge >= 0.3 is 0 Å². The maximum absolute atomic E-state index is 12.2. The second-order valence-electron chi connectivity index (χ2n) is 6.04. The van der Waals surface area contributed by atoms with Gasteiger partial charge in [-0.1, -0.05) is 25.7 Å². The topological polar surface area (TPSA) is 73.6 Å². The van der Waals surface area contributed by atoms with Crippen molar-refractivity contribution in [2.45, 2.75) is 57.7 Å². The lowest BCUT2D eigenvalue weighted by Crippen LogP contribution is -2.31. The molecule has 1 aliphatic rings. The van der Waals surface area contributed by atoms with Crippen LogP contribution >= 0.6 is 12.4 Å². The number of rotatable bonds is 7. The third-order valence-electron chi connectivity index (χ3n) is 4.08. The molecule has 1 unspecified atom stereocenters. The van der Waals surface area contributed by atoms with Gasteiger partial charge in [0.1, 0.15) is 18.5 Å². The monoisotopic (exact) mass is 356 g/mol. The minimum Gasteiger partial charge on any atom is -0.492 e. The SMILES string of the molecule is CC(OC1CCCCCC1)C(=O)Nc1ccc(OCCN)cc1.Cl. The van der Waals surface area contributed by atoms with Crippen LogP contribution in [0.2, 0.25) is 0 Å².